The third-order valence-electron chi connectivity index (χ3n) is 5.03. The summed E-state index contributed by atoms with van der Waals surface area (Å²) in [5.41, 5.74) is -2.06. The summed E-state index contributed by atoms with van der Waals surface area (Å²) in [5, 5.41) is 22.5. The SMILES string of the molecule is COc1ccc(C(=O)N2CCN(c3ccc(C(F)(F)F)cc3[N+](=O)[O-])CC2)cc1[N+](=O)[O-]. The maximum absolute atomic E-state index is 12.9. The summed E-state index contributed by atoms with van der Waals surface area (Å²) in [6.07, 6.45) is -4.71. The lowest BCUT2D eigenvalue weighted by Gasteiger charge is -2.36. The van der Waals surface area contributed by atoms with Crippen LogP contribution in [0.5, 0.6) is 5.75 Å². The topological polar surface area (TPSA) is 119 Å². The van der Waals surface area contributed by atoms with E-state index in [4.69, 9.17) is 4.74 Å². The second kappa shape index (κ2) is 8.69. The molecule has 0 bridgehead atoms. The van der Waals surface area contributed by atoms with Crippen LogP contribution in [0.15, 0.2) is 36.4 Å². The van der Waals surface area contributed by atoms with E-state index >= 15 is 0 Å². The van der Waals surface area contributed by atoms with E-state index in [0.717, 1.165) is 18.2 Å². The molecule has 32 heavy (non-hydrogen) atoms. The van der Waals surface area contributed by atoms with Crippen LogP contribution in [0.2, 0.25) is 0 Å². The summed E-state index contributed by atoms with van der Waals surface area (Å²) < 4.78 is 43.6. The lowest BCUT2D eigenvalue weighted by Crippen LogP contribution is -2.49. The molecule has 10 nitrogen and oxygen atoms in total. The first-order chi connectivity index (χ1) is 15.0. The molecule has 0 aromatic heterocycles. The van der Waals surface area contributed by atoms with Gasteiger partial charge in [0.15, 0.2) is 5.75 Å². The van der Waals surface area contributed by atoms with Gasteiger partial charge >= 0.3 is 11.9 Å². The number of ether oxygens (including phenoxy) is 1. The monoisotopic (exact) mass is 454 g/mol. The van der Waals surface area contributed by atoms with Crippen molar-refractivity contribution in [1.29, 1.82) is 0 Å². The number of nitro benzene ring substituents is 2. The van der Waals surface area contributed by atoms with Crippen molar-refractivity contribution in [1.82, 2.24) is 4.90 Å². The predicted octanol–water partition coefficient (Wildman–Crippen LogP) is 3.49. The van der Waals surface area contributed by atoms with Gasteiger partial charge in [-0.05, 0) is 24.3 Å². The van der Waals surface area contributed by atoms with Crippen molar-refractivity contribution in [2.75, 3.05) is 38.2 Å². The van der Waals surface area contributed by atoms with E-state index in [1.807, 2.05) is 0 Å². The number of anilines is 1. The van der Waals surface area contributed by atoms with Crippen LogP contribution in [-0.4, -0.2) is 53.9 Å². The van der Waals surface area contributed by atoms with Crippen LogP contribution in [0.4, 0.5) is 30.2 Å². The van der Waals surface area contributed by atoms with Crippen molar-refractivity contribution in [3.05, 3.63) is 67.8 Å². The smallest absolute Gasteiger partial charge is 0.416 e. The van der Waals surface area contributed by atoms with E-state index in [2.05, 4.69) is 0 Å². The Hall–Kier alpha value is -3.90. The molecule has 2 aromatic rings. The molecule has 0 spiro atoms. The highest BCUT2D eigenvalue weighted by molar-refractivity contribution is 5.95. The summed E-state index contributed by atoms with van der Waals surface area (Å²) in [5.74, 6) is -0.469. The van der Waals surface area contributed by atoms with Crippen LogP contribution < -0.4 is 9.64 Å². The highest BCUT2D eigenvalue weighted by Crippen LogP contribution is 2.37. The minimum Gasteiger partial charge on any atom is -0.490 e. The summed E-state index contributed by atoms with van der Waals surface area (Å²) >= 11 is 0. The first-order valence-electron chi connectivity index (χ1n) is 9.25. The van der Waals surface area contributed by atoms with Crippen molar-refractivity contribution < 1.29 is 32.5 Å². The molecule has 2 aromatic carbocycles. The number of nitro groups is 2. The van der Waals surface area contributed by atoms with Gasteiger partial charge in [0.2, 0.25) is 0 Å². The number of piperazine rings is 1. The predicted molar refractivity (Wildman–Crippen MR) is 106 cm³/mol. The van der Waals surface area contributed by atoms with Crippen molar-refractivity contribution in [3.63, 3.8) is 0 Å². The van der Waals surface area contributed by atoms with Crippen molar-refractivity contribution in [2.45, 2.75) is 6.18 Å². The number of nitrogens with zero attached hydrogens (tertiary/aromatic N) is 4. The zero-order chi connectivity index (χ0) is 23.6. The first kappa shape index (κ1) is 22.8. The molecule has 1 saturated heterocycles. The molecule has 0 radical (unpaired) electrons. The lowest BCUT2D eigenvalue weighted by atomic mass is 10.1. The molecule has 0 aliphatic carbocycles. The van der Waals surface area contributed by atoms with Gasteiger partial charge in [-0.2, -0.15) is 13.2 Å². The van der Waals surface area contributed by atoms with Crippen LogP contribution in [0, 0.1) is 20.2 Å². The van der Waals surface area contributed by atoms with E-state index in [9.17, 15) is 38.2 Å². The zero-order valence-corrected chi connectivity index (χ0v) is 16.7. The van der Waals surface area contributed by atoms with Crippen molar-refractivity contribution in [2.24, 2.45) is 0 Å². The molecule has 1 amide bonds. The van der Waals surface area contributed by atoms with E-state index in [-0.39, 0.29) is 48.9 Å². The maximum Gasteiger partial charge on any atom is 0.416 e. The minimum absolute atomic E-state index is 0.00554. The molecular weight excluding hydrogens is 437 g/mol. The van der Waals surface area contributed by atoms with Crippen LogP contribution in [-0.2, 0) is 6.18 Å². The number of hydrogen-bond donors (Lipinski definition) is 0. The second-order valence-electron chi connectivity index (χ2n) is 6.88. The average Bonchev–Trinajstić information content (AvgIpc) is 2.77. The van der Waals surface area contributed by atoms with Crippen LogP contribution in [0.3, 0.4) is 0 Å². The molecule has 0 N–H and O–H groups in total. The van der Waals surface area contributed by atoms with Gasteiger partial charge in [-0.25, -0.2) is 0 Å². The Balaban J connectivity index is 1.77. The molecule has 0 unspecified atom stereocenters. The van der Waals surface area contributed by atoms with Gasteiger partial charge in [0, 0.05) is 43.9 Å². The Labute approximate surface area is 179 Å². The van der Waals surface area contributed by atoms with Crippen LogP contribution in [0.1, 0.15) is 15.9 Å². The third kappa shape index (κ3) is 4.55. The van der Waals surface area contributed by atoms with Gasteiger partial charge in [-0.15, -0.1) is 0 Å². The summed E-state index contributed by atoms with van der Waals surface area (Å²) in [6, 6.07) is 6.12. The largest absolute Gasteiger partial charge is 0.490 e. The Kier molecular flexibility index (Phi) is 6.18. The molecule has 13 heteroatoms. The molecule has 0 saturated carbocycles. The maximum atomic E-state index is 12.9. The van der Waals surface area contributed by atoms with Gasteiger partial charge in [-0.1, -0.05) is 0 Å². The number of rotatable bonds is 5. The van der Waals surface area contributed by atoms with Gasteiger partial charge in [0.25, 0.3) is 11.6 Å². The molecule has 0 atom stereocenters. The number of hydrogen-bond acceptors (Lipinski definition) is 7. The Morgan fingerprint density at radius 1 is 0.969 bits per heavy atom. The molecule has 1 aliphatic rings. The van der Waals surface area contributed by atoms with E-state index in [1.54, 1.807) is 0 Å². The van der Waals surface area contributed by atoms with E-state index in [0.29, 0.717) is 6.07 Å². The van der Waals surface area contributed by atoms with Gasteiger partial charge in [0.1, 0.15) is 5.69 Å². The third-order valence-corrected chi connectivity index (χ3v) is 5.03. The summed E-state index contributed by atoms with van der Waals surface area (Å²) in [7, 11) is 1.27. The summed E-state index contributed by atoms with van der Waals surface area (Å²) in [4.78, 5) is 36.6. The van der Waals surface area contributed by atoms with Crippen LogP contribution >= 0.6 is 0 Å². The normalized spacial score (nSPS) is 14.2. The highest BCUT2D eigenvalue weighted by atomic mass is 19.4. The zero-order valence-electron chi connectivity index (χ0n) is 16.7. The lowest BCUT2D eigenvalue weighted by molar-refractivity contribution is -0.385. The van der Waals surface area contributed by atoms with E-state index < -0.39 is 33.2 Å². The molecule has 3 rings (SSSR count). The number of halogens is 3. The quantitative estimate of drug-likeness (QED) is 0.501. The van der Waals surface area contributed by atoms with Gasteiger partial charge in [-0.3, -0.25) is 25.0 Å². The molecule has 1 heterocycles. The second-order valence-corrected chi connectivity index (χ2v) is 6.88. The average molecular weight is 454 g/mol. The number of carbonyl (C=O) groups is 1. The number of benzene rings is 2. The molecule has 170 valence electrons. The Morgan fingerprint density at radius 2 is 1.59 bits per heavy atom. The van der Waals surface area contributed by atoms with E-state index in [1.165, 1.54) is 29.0 Å². The first-order valence-corrected chi connectivity index (χ1v) is 9.25. The van der Waals surface area contributed by atoms with Crippen LogP contribution in [0.25, 0.3) is 0 Å². The Bertz CT molecular complexity index is 1070. The van der Waals surface area contributed by atoms with Crippen molar-refractivity contribution in [3.8, 4) is 5.75 Å². The standard InChI is InChI=1S/C19H17F3N4O6/c1-32-17-5-2-12(10-16(17)26(30)31)18(27)24-8-6-23(7-9-24)14-4-3-13(19(20,21)22)11-15(14)25(28)29/h2-5,10-11H,6-9H2,1H3. The Morgan fingerprint density at radius 3 is 2.12 bits per heavy atom. The molecular formula is C19H17F3N4O6. The van der Waals surface area contributed by atoms with Gasteiger partial charge in [0.05, 0.1) is 22.5 Å². The summed E-state index contributed by atoms with van der Waals surface area (Å²) in [6.45, 7) is 0.514. The van der Waals surface area contributed by atoms with Crippen molar-refractivity contribution >= 4 is 23.0 Å². The number of methoxy groups -OCH3 is 1. The fourth-order valence-corrected chi connectivity index (χ4v) is 3.41. The molecule has 1 fully saturated rings. The highest BCUT2D eigenvalue weighted by Gasteiger charge is 2.34. The van der Waals surface area contributed by atoms with Gasteiger partial charge < -0.3 is 14.5 Å². The molecule has 1 aliphatic heterocycles. The number of amides is 1. The number of alkyl halides is 3. The fraction of sp³-hybridized carbons (Fsp3) is 0.316. The fourth-order valence-electron chi connectivity index (χ4n) is 3.41. The number of carbonyl (C=O) groups excluding carboxylic acids is 1. The minimum atomic E-state index is -4.71.